The Kier molecular flexibility index (Phi) is 7.49. The van der Waals surface area contributed by atoms with Crippen LogP contribution in [0.3, 0.4) is 0 Å². The Balaban J connectivity index is 2.06. The van der Waals surface area contributed by atoms with Crippen LogP contribution in [0, 0.1) is 17.3 Å². The first kappa shape index (κ1) is 25.6. The lowest BCUT2D eigenvalue weighted by atomic mass is 9.51. The van der Waals surface area contributed by atoms with Crippen molar-refractivity contribution in [2.24, 2.45) is 17.3 Å². The zero-order chi connectivity index (χ0) is 24.6. The molecule has 182 valence electrons. The van der Waals surface area contributed by atoms with Crippen LogP contribution in [0.25, 0.3) is 0 Å². The maximum Gasteiger partial charge on any atom is 0.336 e. The average Bonchev–Trinajstić information content (AvgIpc) is 3.05. The van der Waals surface area contributed by atoms with Gasteiger partial charge in [0.25, 0.3) is 0 Å². The van der Waals surface area contributed by atoms with Crippen molar-refractivity contribution in [3.05, 3.63) is 34.3 Å². The van der Waals surface area contributed by atoms with Crippen LogP contribution < -0.4 is 0 Å². The van der Waals surface area contributed by atoms with Crippen molar-refractivity contribution in [3.63, 3.8) is 0 Å². The number of ether oxygens (including phenoxy) is 4. The molecule has 2 aliphatic carbocycles. The van der Waals surface area contributed by atoms with E-state index in [1.165, 1.54) is 24.9 Å². The molecule has 3 aliphatic rings. The van der Waals surface area contributed by atoms with E-state index in [-0.39, 0.29) is 17.9 Å². The van der Waals surface area contributed by atoms with Gasteiger partial charge in [0.1, 0.15) is 12.2 Å². The summed E-state index contributed by atoms with van der Waals surface area (Å²) in [6.07, 6.45) is 5.73. The summed E-state index contributed by atoms with van der Waals surface area (Å²) in [6.45, 7) is 9.24. The molecule has 0 amide bonds. The molecule has 1 heterocycles. The Labute approximate surface area is 199 Å². The highest BCUT2D eigenvalue weighted by Gasteiger charge is 2.66. The van der Waals surface area contributed by atoms with Gasteiger partial charge in [-0.2, -0.15) is 0 Å². The number of hydrogen-bond donors (Lipinski definition) is 0. The van der Waals surface area contributed by atoms with E-state index in [9.17, 15) is 14.4 Å². The lowest BCUT2D eigenvalue weighted by molar-refractivity contribution is -0.244. The lowest BCUT2D eigenvalue weighted by Crippen LogP contribution is -2.62. The molecule has 7 nitrogen and oxygen atoms in total. The Hall–Kier alpha value is -2.06. The number of methoxy groups -OCH3 is 1. The summed E-state index contributed by atoms with van der Waals surface area (Å²) in [6, 6.07) is 0. The van der Waals surface area contributed by atoms with E-state index < -0.39 is 35.2 Å². The smallest absolute Gasteiger partial charge is 0.336 e. The second kappa shape index (κ2) is 9.66. The molecule has 0 unspecified atom stereocenters. The van der Waals surface area contributed by atoms with E-state index in [1.807, 2.05) is 13.2 Å². The quantitative estimate of drug-likeness (QED) is 0.317. The average molecular weight is 479 g/mol. The summed E-state index contributed by atoms with van der Waals surface area (Å²) in [5, 5.41) is 1.69. The first-order chi connectivity index (χ1) is 15.5. The predicted octanol–water partition coefficient (Wildman–Crippen LogP) is 4.33. The molecule has 0 aromatic rings. The van der Waals surface area contributed by atoms with Crippen molar-refractivity contribution in [3.8, 4) is 0 Å². The Morgan fingerprint density at radius 1 is 1.24 bits per heavy atom. The minimum absolute atomic E-state index is 0.0234. The summed E-state index contributed by atoms with van der Waals surface area (Å²) in [5.74, 6) is -2.67. The summed E-state index contributed by atoms with van der Waals surface area (Å²) >= 11 is 1.43. The SMILES string of the molecule is C/C=C(/C)C(=O)O[C@@H]1C2=C(C)C(=O)O[C@]2(OC)C[C@H]2CC[C@H](OC(=O)/C=C\SC)[C@H](C)[C@@]21C. The maximum atomic E-state index is 12.9. The van der Waals surface area contributed by atoms with E-state index >= 15 is 0 Å². The zero-order valence-electron chi connectivity index (χ0n) is 20.4. The van der Waals surface area contributed by atoms with E-state index in [4.69, 9.17) is 18.9 Å². The first-order valence-corrected chi connectivity index (χ1v) is 12.6. The van der Waals surface area contributed by atoms with Crippen LogP contribution in [-0.4, -0.2) is 49.3 Å². The van der Waals surface area contributed by atoms with Gasteiger partial charge in [0.15, 0.2) is 0 Å². The number of thioether (sulfide) groups is 1. The summed E-state index contributed by atoms with van der Waals surface area (Å²) in [7, 11) is 1.51. The van der Waals surface area contributed by atoms with Crippen molar-refractivity contribution in [1.29, 1.82) is 0 Å². The van der Waals surface area contributed by atoms with E-state index in [1.54, 1.807) is 32.3 Å². The Morgan fingerprint density at radius 3 is 2.55 bits per heavy atom. The largest absolute Gasteiger partial charge is 0.459 e. The van der Waals surface area contributed by atoms with Crippen molar-refractivity contribution in [2.45, 2.75) is 71.9 Å². The number of esters is 3. The minimum atomic E-state index is -1.25. The number of allylic oxidation sites excluding steroid dienone is 1. The molecule has 2 fully saturated rings. The standard InChI is InChI=1S/C25H34O7S/c1-8-14(2)22(27)31-21-20-15(3)23(28)32-25(20,29-6)13-17-9-10-18(16(4)24(17,21)5)30-19(26)11-12-33-7/h8,11-12,16-18,21H,9-10,13H2,1-7H3/b12-11-,14-8-/t16-,17+,18-,21+,24-,25+/m0/s1. The van der Waals surface area contributed by atoms with Gasteiger partial charge in [-0.15, -0.1) is 11.8 Å². The van der Waals surface area contributed by atoms with Crippen LogP contribution in [0.1, 0.15) is 53.9 Å². The normalized spacial score (nSPS) is 36.3. The number of hydrogen-bond acceptors (Lipinski definition) is 8. The first-order valence-electron chi connectivity index (χ1n) is 11.3. The second-order valence-electron chi connectivity index (χ2n) is 9.29. The minimum Gasteiger partial charge on any atom is -0.459 e. The highest BCUT2D eigenvalue weighted by Crippen LogP contribution is 2.61. The fourth-order valence-electron chi connectivity index (χ4n) is 5.55. The van der Waals surface area contributed by atoms with Crippen molar-refractivity contribution >= 4 is 29.7 Å². The van der Waals surface area contributed by atoms with Gasteiger partial charge in [0.05, 0.1) is 5.57 Å². The Bertz CT molecular complexity index is 920. The molecule has 0 spiro atoms. The van der Waals surface area contributed by atoms with E-state index in [2.05, 4.69) is 6.92 Å². The summed E-state index contributed by atoms with van der Waals surface area (Å²) in [5.41, 5.74) is 0.845. The van der Waals surface area contributed by atoms with Crippen LogP contribution in [-0.2, 0) is 33.3 Å². The van der Waals surface area contributed by atoms with Gasteiger partial charge >= 0.3 is 17.9 Å². The van der Waals surface area contributed by atoms with Crippen molar-refractivity contribution < 1.29 is 33.3 Å². The molecule has 0 radical (unpaired) electrons. The van der Waals surface area contributed by atoms with E-state index in [0.29, 0.717) is 29.6 Å². The van der Waals surface area contributed by atoms with Gasteiger partial charge in [-0.05, 0) is 51.2 Å². The van der Waals surface area contributed by atoms with Gasteiger partial charge < -0.3 is 18.9 Å². The number of rotatable bonds is 6. The molecule has 0 N–H and O–H groups in total. The summed E-state index contributed by atoms with van der Waals surface area (Å²) < 4.78 is 23.5. The Morgan fingerprint density at radius 2 is 1.94 bits per heavy atom. The summed E-state index contributed by atoms with van der Waals surface area (Å²) in [4.78, 5) is 37.9. The fraction of sp³-hybridized carbons (Fsp3) is 0.640. The van der Waals surface area contributed by atoms with Crippen LogP contribution in [0.2, 0.25) is 0 Å². The third kappa shape index (κ3) is 4.28. The van der Waals surface area contributed by atoms with Crippen LogP contribution in [0.5, 0.6) is 0 Å². The van der Waals surface area contributed by atoms with Gasteiger partial charge in [-0.3, -0.25) is 0 Å². The molecular formula is C25H34O7S. The lowest BCUT2D eigenvalue weighted by Gasteiger charge is -2.58. The van der Waals surface area contributed by atoms with E-state index in [0.717, 1.165) is 6.42 Å². The number of carbonyl (C=O) groups excluding carboxylic acids is 3. The molecule has 0 saturated heterocycles. The number of fused-ring (bicyclic) bond motifs is 2. The maximum absolute atomic E-state index is 12.9. The second-order valence-corrected chi connectivity index (χ2v) is 10.0. The van der Waals surface area contributed by atoms with Gasteiger partial charge in [0, 0.05) is 42.1 Å². The molecule has 0 aromatic carbocycles. The molecule has 8 heteroatoms. The number of carbonyl (C=O) groups is 3. The molecule has 0 aromatic heterocycles. The van der Waals surface area contributed by atoms with Gasteiger partial charge in [-0.25, -0.2) is 14.4 Å². The van der Waals surface area contributed by atoms with Gasteiger partial charge in [-0.1, -0.05) is 19.9 Å². The molecule has 1 aliphatic heterocycles. The predicted molar refractivity (Wildman–Crippen MR) is 125 cm³/mol. The monoisotopic (exact) mass is 478 g/mol. The van der Waals surface area contributed by atoms with Crippen molar-refractivity contribution in [1.82, 2.24) is 0 Å². The topological polar surface area (TPSA) is 88.1 Å². The molecule has 3 rings (SSSR count). The fourth-order valence-corrected chi connectivity index (χ4v) is 5.79. The molecule has 6 atom stereocenters. The highest BCUT2D eigenvalue weighted by molar-refractivity contribution is 8.01. The van der Waals surface area contributed by atoms with Crippen LogP contribution >= 0.6 is 11.8 Å². The zero-order valence-corrected chi connectivity index (χ0v) is 21.2. The third-order valence-corrected chi connectivity index (χ3v) is 8.26. The molecule has 33 heavy (non-hydrogen) atoms. The highest BCUT2D eigenvalue weighted by atomic mass is 32.2. The van der Waals surface area contributed by atoms with Gasteiger partial charge in [0.2, 0.25) is 5.79 Å². The van der Waals surface area contributed by atoms with Crippen molar-refractivity contribution in [2.75, 3.05) is 13.4 Å². The molecular weight excluding hydrogens is 444 g/mol. The van der Waals surface area contributed by atoms with Crippen LogP contribution in [0.15, 0.2) is 34.3 Å². The third-order valence-electron chi connectivity index (χ3n) is 7.86. The van der Waals surface area contributed by atoms with Crippen LogP contribution in [0.4, 0.5) is 0 Å². The molecule has 0 bridgehead atoms. The molecule has 2 saturated carbocycles.